The van der Waals surface area contributed by atoms with E-state index in [1.807, 2.05) is 0 Å². The maximum absolute atomic E-state index is 13.2. The van der Waals surface area contributed by atoms with Crippen LogP contribution in [0.25, 0.3) is 0 Å². The van der Waals surface area contributed by atoms with Crippen molar-refractivity contribution in [3.05, 3.63) is 35.1 Å². The summed E-state index contributed by atoms with van der Waals surface area (Å²) in [5.41, 5.74) is -0.589. The van der Waals surface area contributed by atoms with E-state index in [1.165, 1.54) is 32.1 Å². The smallest absolute Gasteiger partial charge is 0.313 e. The molecule has 1 nitrogen and oxygen atoms in total. The van der Waals surface area contributed by atoms with Gasteiger partial charge in [0.2, 0.25) is 0 Å². The standard InChI is InChI=1S/C16H21F4N/c17-15-9-13(8-14(10-15)16(18,19)20)11-21-7-3-6-12-4-1-2-5-12/h8-10,12,21H,1-7,11H2. The Labute approximate surface area is 122 Å². The second-order valence-corrected chi connectivity index (χ2v) is 5.82. The Balaban J connectivity index is 1.76. The summed E-state index contributed by atoms with van der Waals surface area (Å²) in [5.74, 6) is -0.0228. The third-order valence-corrected chi connectivity index (χ3v) is 4.05. The van der Waals surface area contributed by atoms with E-state index >= 15 is 0 Å². The average molecular weight is 303 g/mol. The topological polar surface area (TPSA) is 12.0 Å². The zero-order valence-corrected chi connectivity index (χ0v) is 12.0. The Morgan fingerprint density at radius 3 is 2.48 bits per heavy atom. The highest BCUT2D eigenvalue weighted by molar-refractivity contribution is 5.26. The zero-order valence-electron chi connectivity index (χ0n) is 12.0. The molecule has 0 heterocycles. The van der Waals surface area contributed by atoms with Crippen molar-refractivity contribution in [2.24, 2.45) is 5.92 Å². The first-order chi connectivity index (χ1) is 9.95. The minimum atomic E-state index is -4.50. The molecule has 0 amide bonds. The molecule has 0 aliphatic heterocycles. The van der Waals surface area contributed by atoms with Crippen LogP contribution in [0.15, 0.2) is 18.2 Å². The van der Waals surface area contributed by atoms with Crippen LogP contribution in [0, 0.1) is 11.7 Å². The van der Waals surface area contributed by atoms with Crippen molar-refractivity contribution in [2.75, 3.05) is 6.54 Å². The monoisotopic (exact) mass is 303 g/mol. The second-order valence-electron chi connectivity index (χ2n) is 5.82. The number of alkyl halides is 3. The maximum atomic E-state index is 13.2. The van der Waals surface area contributed by atoms with Gasteiger partial charge in [-0.15, -0.1) is 0 Å². The largest absolute Gasteiger partial charge is 0.416 e. The summed E-state index contributed by atoms with van der Waals surface area (Å²) in [4.78, 5) is 0. The highest BCUT2D eigenvalue weighted by Gasteiger charge is 2.31. The molecule has 1 fully saturated rings. The number of benzene rings is 1. The predicted molar refractivity (Wildman–Crippen MR) is 74.3 cm³/mol. The summed E-state index contributed by atoms with van der Waals surface area (Å²) < 4.78 is 50.9. The van der Waals surface area contributed by atoms with E-state index in [2.05, 4.69) is 5.32 Å². The van der Waals surface area contributed by atoms with Crippen LogP contribution in [0.3, 0.4) is 0 Å². The quantitative estimate of drug-likeness (QED) is 0.582. The third kappa shape index (κ3) is 5.30. The molecule has 0 radical (unpaired) electrons. The lowest BCUT2D eigenvalue weighted by atomic mass is 10.0. The minimum Gasteiger partial charge on any atom is -0.313 e. The summed E-state index contributed by atoms with van der Waals surface area (Å²) in [5, 5.41) is 3.10. The molecule has 0 aromatic heterocycles. The second kappa shape index (κ2) is 7.25. The Morgan fingerprint density at radius 1 is 1.10 bits per heavy atom. The summed E-state index contributed by atoms with van der Waals surface area (Å²) in [6.45, 7) is 1.03. The van der Waals surface area contributed by atoms with Gasteiger partial charge in [0.1, 0.15) is 5.82 Å². The molecule has 0 saturated heterocycles. The molecule has 0 bridgehead atoms. The van der Waals surface area contributed by atoms with Crippen LogP contribution in [0.4, 0.5) is 17.6 Å². The molecule has 2 rings (SSSR count). The molecule has 1 N–H and O–H groups in total. The minimum absolute atomic E-state index is 0.269. The van der Waals surface area contributed by atoms with Crippen LogP contribution in [0.5, 0.6) is 0 Å². The molecular formula is C16H21F4N. The lowest BCUT2D eigenvalue weighted by Gasteiger charge is -2.11. The number of halogens is 4. The van der Waals surface area contributed by atoms with Crippen LogP contribution in [-0.2, 0) is 12.7 Å². The number of hydrogen-bond acceptors (Lipinski definition) is 1. The third-order valence-electron chi connectivity index (χ3n) is 4.05. The van der Waals surface area contributed by atoms with Crippen molar-refractivity contribution in [2.45, 2.75) is 51.2 Å². The van der Waals surface area contributed by atoms with E-state index in [-0.39, 0.29) is 6.54 Å². The molecular weight excluding hydrogens is 282 g/mol. The molecule has 1 aliphatic carbocycles. The fourth-order valence-corrected chi connectivity index (χ4v) is 2.96. The fraction of sp³-hybridized carbons (Fsp3) is 0.625. The van der Waals surface area contributed by atoms with E-state index in [4.69, 9.17) is 0 Å². The van der Waals surface area contributed by atoms with Gasteiger partial charge in [0.25, 0.3) is 0 Å². The number of hydrogen-bond donors (Lipinski definition) is 1. The van der Waals surface area contributed by atoms with Crippen molar-refractivity contribution in [3.63, 3.8) is 0 Å². The van der Waals surface area contributed by atoms with Crippen molar-refractivity contribution in [3.8, 4) is 0 Å². The zero-order chi connectivity index (χ0) is 15.3. The summed E-state index contributed by atoms with van der Waals surface area (Å²) in [7, 11) is 0. The lowest BCUT2D eigenvalue weighted by molar-refractivity contribution is -0.137. The van der Waals surface area contributed by atoms with E-state index < -0.39 is 17.6 Å². The maximum Gasteiger partial charge on any atom is 0.416 e. The van der Waals surface area contributed by atoms with Crippen molar-refractivity contribution >= 4 is 0 Å². The van der Waals surface area contributed by atoms with Gasteiger partial charge in [0.15, 0.2) is 0 Å². The Morgan fingerprint density at radius 2 is 1.81 bits per heavy atom. The number of rotatable bonds is 6. The van der Waals surface area contributed by atoms with Gasteiger partial charge in [-0.05, 0) is 49.1 Å². The van der Waals surface area contributed by atoms with Crippen LogP contribution < -0.4 is 5.32 Å². The molecule has 1 saturated carbocycles. The molecule has 0 atom stereocenters. The molecule has 1 aromatic rings. The van der Waals surface area contributed by atoms with Crippen LogP contribution in [0.1, 0.15) is 49.7 Å². The van der Waals surface area contributed by atoms with E-state index in [9.17, 15) is 17.6 Å². The van der Waals surface area contributed by atoms with Gasteiger partial charge in [-0.2, -0.15) is 13.2 Å². The van der Waals surface area contributed by atoms with Crippen LogP contribution in [0.2, 0.25) is 0 Å². The molecule has 1 aliphatic rings. The first kappa shape index (κ1) is 16.3. The lowest BCUT2D eigenvalue weighted by Crippen LogP contribution is -2.16. The summed E-state index contributed by atoms with van der Waals surface area (Å²) in [6.07, 6.45) is 2.94. The van der Waals surface area contributed by atoms with Crippen LogP contribution >= 0.6 is 0 Å². The normalized spacial score (nSPS) is 16.6. The highest BCUT2D eigenvalue weighted by atomic mass is 19.4. The van der Waals surface area contributed by atoms with Gasteiger partial charge in [-0.3, -0.25) is 0 Å². The first-order valence-electron chi connectivity index (χ1n) is 7.52. The van der Waals surface area contributed by atoms with Crippen molar-refractivity contribution in [1.82, 2.24) is 5.32 Å². The molecule has 118 valence electrons. The fourth-order valence-electron chi connectivity index (χ4n) is 2.96. The van der Waals surface area contributed by atoms with E-state index in [0.29, 0.717) is 11.6 Å². The van der Waals surface area contributed by atoms with Crippen molar-refractivity contribution < 1.29 is 17.6 Å². The Bertz CT molecular complexity index is 450. The first-order valence-corrected chi connectivity index (χ1v) is 7.52. The molecule has 0 unspecified atom stereocenters. The molecule has 5 heteroatoms. The Kier molecular flexibility index (Phi) is 5.62. The van der Waals surface area contributed by atoms with Gasteiger partial charge in [-0.1, -0.05) is 25.7 Å². The molecule has 0 spiro atoms. The van der Waals surface area contributed by atoms with Crippen molar-refractivity contribution in [1.29, 1.82) is 0 Å². The van der Waals surface area contributed by atoms with E-state index in [0.717, 1.165) is 31.0 Å². The Hall–Kier alpha value is -1.10. The van der Waals surface area contributed by atoms with Gasteiger partial charge in [-0.25, -0.2) is 4.39 Å². The number of nitrogens with one attached hydrogen (secondary N) is 1. The van der Waals surface area contributed by atoms with Crippen LogP contribution in [-0.4, -0.2) is 6.54 Å². The SMILES string of the molecule is Fc1cc(CNCCCC2CCCC2)cc(C(F)(F)F)c1. The van der Waals surface area contributed by atoms with Gasteiger partial charge < -0.3 is 5.32 Å². The highest BCUT2D eigenvalue weighted by Crippen LogP contribution is 2.30. The van der Waals surface area contributed by atoms with Gasteiger partial charge >= 0.3 is 6.18 Å². The molecule has 21 heavy (non-hydrogen) atoms. The average Bonchev–Trinajstić information content (AvgIpc) is 2.90. The molecule has 1 aromatic carbocycles. The summed E-state index contributed by atoms with van der Waals surface area (Å²) in [6, 6.07) is 2.69. The van der Waals surface area contributed by atoms with Gasteiger partial charge in [0, 0.05) is 6.54 Å². The summed E-state index contributed by atoms with van der Waals surface area (Å²) >= 11 is 0. The van der Waals surface area contributed by atoms with E-state index in [1.54, 1.807) is 0 Å². The predicted octanol–water partition coefficient (Wildman–Crippen LogP) is 4.90. The van der Waals surface area contributed by atoms with Gasteiger partial charge in [0.05, 0.1) is 5.56 Å².